The number of fused-ring (bicyclic) bond motifs is 15. The average Bonchev–Trinajstić information content (AvgIpc) is 3.80. The third kappa shape index (κ3) is 5.12. The molecule has 2 aromatic heterocycles. The zero-order valence-electron chi connectivity index (χ0n) is 39.9. The number of furan rings is 1. The number of nitrogens with zero attached hydrogens (tertiary/aromatic N) is 2. The molecule has 3 nitrogen and oxygen atoms in total. The van der Waals surface area contributed by atoms with Crippen molar-refractivity contribution in [3.8, 4) is 16.8 Å². The van der Waals surface area contributed by atoms with Gasteiger partial charge >= 0.3 is 6.85 Å². The van der Waals surface area contributed by atoms with Gasteiger partial charge in [0.1, 0.15) is 11.2 Å². The normalized spacial score (nSPS) is 16.1. The first-order chi connectivity index (χ1) is 30.2. The molecule has 0 saturated carbocycles. The van der Waals surface area contributed by atoms with Crippen LogP contribution in [0.1, 0.15) is 129 Å². The Hall–Kier alpha value is -6.00. The molecule has 9 aromatic rings. The zero-order valence-corrected chi connectivity index (χ0v) is 39.9. The second-order valence-corrected chi connectivity index (χ2v) is 23.4. The molecule has 7 aromatic carbocycles. The van der Waals surface area contributed by atoms with E-state index in [1.165, 1.54) is 111 Å². The lowest BCUT2D eigenvalue weighted by Crippen LogP contribution is -2.61. The molecule has 0 atom stereocenters. The molecule has 12 rings (SSSR count). The Bertz CT molecular complexity index is 3500. The van der Waals surface area contributed by atoms with Crippen LogP contribution in [-0.4, -0.2) is 11.4 Å². The third-order valence-corrected chi connectivity index (χ3v) is 15.7. The molecule has 1 aliphatic carbocycles. The quantitative estimate of drug-likeness (QED) is 0.154. The predicted octanol–water partition coefficient (Wildman–Crippen LogP) is 14.8. The van der Waals surface area contributed by atoms with Crippen molar-refractivity contribution in [3.63, 3.8) is 0 Å². The van der Waals surface area contributed by atoms with Crippen LogP contribution in [0, 0.1) is 0 Å². The van der Waals surface area contributed by atoms with Gasteiger partial charge in [-0.05, 0) is 120 Å². The SMILES string of the molecule is CC(C)(C)c1ccc(N2B3c4cc(C(C)(C)C)ccc4-n4c5ccc(C(C)(C)C)cc5c5c6oc7ccccc7c6c(c3c54)-c3cc4c(cc32)C(C)(C)c2ccccc2C4(C)C)cc1. The molecule has 0 amide bonds. The largest absolute Gasteiger partial charge is 0.455 e. The van der Waals surface area contributed by atoms with Gasteiger partial charge in [-0.2, -0.15) is 0 Å². The van der Waals surface area contributed by atoms with Crippen LogP contribution in [0.2, 0.25) is 0 Å². The Labute approximate surface area is 379 Å². The highest BCUT2D eigenvalue weighted by molar-refractivity contribution is 6.94. The van der Waals surface area contributed by atoms with E-state index >= 15 is 0 Å². The molecular formula is C60H59BN2O. The first-order valence-electron chi connectivity index (χ1n) is 23.5. The van der Waals surface area contributed by atoms with Gasteiger partial charge < -0.3 is 13.8 Å². The van der Waals surface area contributed by atoms with E-state index in [1.54, 1.807) is 0 Å². The fraction of sp³-hybridized carbons (Fsp3) is 0.300. The summed E-state index contributed by atoms with van der Waals surface area (Å²) >= 11 is 0. The number of rotatable bonds is 1. The van der Waals surface area contributed by atoms with Gasteiger partial charge in [0.2, 0.25) is 0 Å². The van der Waals surface area contributed by atoms with Crippen molar-refractivity contribution in [3.05, 3.63) is 160 Å². The van der Waals surface area contributed by atoms with Crippen LogP contribution in [0.4, 0.5) is 11.4 Å². The lowest BCUT2D eigenvalue weighted by molar-refractivity contribution is 0.521. The molecule has 0 N–H and O–H groups in total. The van der Waals surface area contributed by atoms with Crippen LogP contribution >= 0.6 is 0 Å². The summed E-state index contributed by atoms with van der Waals surface area (Å²) in [6.07, 6.45) is 0. The number of aromatic nitrogens is 1. The van der Waals surface area contributed by atoms with Crippen molar-refractivity contribution in [1.82, 2.24) is 4.57 Å². The minimum absolute atomic E-state index is 0.0268. The van der Waals surface area contributed by atoms with Crippen molar-refractivity contribution in [2.75, 3.05) is 4.81 Å². The maximum absolute atomic E-state index is 7.27. The number of para-hydroxylation sites is 1. The van der Waals surface area contributed by atoms with Crippen molar-refractivity contribution < 1.29 is 4.42 Å². The maximum Gasteiger partial charge on any atom is 0.333 e. The highest BCUT2D eigenvalue weighted by Crippen LogP contribution is 2.57. The van der Waals surface area contributed by atoms with Crippen LogP contribution in [0.3, 0.4) is 0 Å². The van der Waals surface area contributed by atoms with E-state index in [2.05, 4.69) is 221 Å². The minimum atomic E-state index is -0.224. The van der Waals surface area contributed by atoms with Gasteiger partial charge in [0.05, 0.1) is 16.4 Å². The highest BCUT2D eigenvalue weighted by atomic mass is 16.3. The fourth-order valence-electron chi connectivity index (χ4n) is 12.1. The molecule has 0 bridgehead atoms. The topological polar surface area (TPSA) is 21.3 Å². The summed E-state index contributed by atoms with van der Waals surface area (Å²) in [5, 5.41) is 4.85. The molecule has 0 saturated heterocycles. The Morgan fingerprint density at radius 1 is 0.516 bits per heavy atom. The molecule has 4 heteroatoms. The lowest BCUT2D eigenvalue weighted by atomic mass is 9.43. The average molecular weight is 835 g/mol. The number of anilines is 2. The van der Waals surface area contributed by atoms with Gasteiger partial charge in [0.25, 0.3) is 0 Å². The van der Waals surface area contributed by atoms with Gasteiger partial charge in [0.15, 0.2) is 0 Å². The Morgan fingerprint density at radius 2 is 1.09 bits per heavy atom. The molecule has 3 aliphatic rings. The molecule has 0 unspecified atom stereocenters. The summed E-state index contributed by atoms with van der Waals surface area (Å²) in [7, 11) is 0. The standard InChI is InChI=1S/C60H59BN2O/c1-56(2,3)34-22-26-37(27-23-34)63-48-33-44-43(59(10,11)41-19-15-16-20-42(41)60(44,12)13)32-40(48)50-51-38-18-14-17-21-49(38)64-55(51)52-39-30-35(57(4,5)6)24-28-46(39)62-47-29-25-36(58(7,8)9)31-45(47)61(63)53(50)54(52)62/h14-33H,1-13H3. The van der Waals surface area contributed by atoms with Crippen molar-refractivity contribution in [1.29, 1.82) is 0 Å². The fourth-order valence-corrected chi connectivity index (χ4v) is 12.1. The van der Waals surface area contributed by atoms with Crippen molar-refractivity contribution in [2.24, 2.45) is 0 Å². The molecule has 64 heavy (non-hydrogen) atoms. The molecule has 4 heterocycles. The first kappa shape index (κ1) is 39.6. The molecule has 0 radical (unpaired) electrons. The third-order valence-electron chi connectivity index (χ3n) is 15.7. The summed E-state index contributed by atoms with van der Waals surface area (Å²) < 4.78 is 9.87. The van der Waals surface area contributed by atoms with Crippen LogP contribution in [-0.2, 0) is 27.1 Å². The van der Waals surface area contributed by atoms with E-state index in [-0.39, 0.29) is 33.9 Å². The summed E-state index contributed by atoms with van der Waals surface area (Å²) in [6.45, 7) is 30.6. The molecule has 318 valence electrons. The second-order valence-electron chi connectivity index (χ2n) is 23.4. The maximum atomic E-state index is 7.27. The van der Waals surface area contributed by atoms with Crippen LogP contribution in [0.5, 0.6) is 0 Å². The smallest absolute Gasteiger partial charge is 0.333 e. The van der Waals surface area contributed by atoms with E-state index < -0.39 is 0 Å². The zero-order chi connectivity index (χ0) is 44.8. The van der Waals surface area contributed by atoms with Gasteiger partial charge in [-0.1, -0.05) is 163 Å². The molecule has 0 fully saturated rings. The monoisotopic (exact) mass is 834 g/mol. The summed E-state index contributed by atoms with van der Waals surface area (Å²) in [6, 6.07) is 47.2. The van der Waals surface area contributed by atoms with Gasteiger partial charge in [-0.15, -0.1) is 0 Å². The Balaban J connectivity index is 1.33. The van der Waals surface area contributed by atoms with E-state index in [0.29, 0.717) is 0 Å². The molecule has 2 aliphatic heterocycles. The van der Waals surface area contributed by atoms with Gasteiger partial charge in [0, 0.05) is 49.6 Å². The number of benzene rings is 7. The van der Waals surface area contributed by atoms with Gasteiger partial charge in [-0.3, -0.25) is 0 Å². The van der Waals surface area contributed by atoms with Crippen LogP contribution in [0.15, 0.2) is 126 Å². The Morgan fingerprint density at radius 3 is 1.75 bits per heavy atom. The minimum Gasteiger partial charge on any atom is -0.455 e. The van der Waals surface area contributed by atoms with Crippen molar-refractivity contribution in [2.45, 2.75) is 117 Å². The summed E-state index contributed by atoms with van der Waals surface area (Å²) in [5.74, 6) is 0. The Kier molecular flexibility index (Phi) is 7.68. The molecule has 0 spiro atoms. The summed E-state index contributed by atoms with van der Waals surface area (Å²) in [5.41, 5.74) is 22.5. The summed E-state index contributed by atoms with van der Waals surface area (Å²) in [4.78, 5) is 2.73. The second kappa shape index (κ2) is 12.4. The van der Waals surface area contributed by atoms with Crippen LogP contribution < -0.4 is 15.7 Å². The number of hydrogen-bond acceptors (Lipinski definition) is 2. The van der Waals surface area contributed by atoms with Crippen molar-refractivity contribution >= 4 is 72.9 Å². The highest BCUT2D eigenvalue weighted by Gasteiger charge is 2.49. The van der Waals surface area contributed by atoms with E-state index in [4.69, 9.17) is 4.42 Å². The molecular weight excluding hydrogens is 775 g/mol. The number of hydrogen-bond donors (Lipinski definition) is 0. The van der Waals surface area contributed by atoms with Crippen LogP contribution in [0.25, 0.3) is 60.6 Å². The van der Waals surface area contributed by atoms with Gasteiger partial charge in [-0.25, -0.2) is 0 Å². The van der Waals surface area contributed by atoms with E-state index in [9.17, 15) is 0 Å². The first-order valence-corrected chi connectivity index (χ1v) is 23.5. The van der Waals surface area contributed by atoms with E-state index in [0.717, 1.165) is 11.2 Å². The predicted molar refractivity (Wildman–Crippen MR) is 274 cm³/mol. The van der Waals surface area contributed by atoms with E-state index in [1.807, 2.05) is 0 Å². The lowest BCUT2D eigenvalue weighted by Gasteiger charge is -2.47.